The molecule has 2 aromatic rings. The Morgan fingerprint density at radius 3 is 2.46 bits per heavy atom. The third-order valence-corrected chi connectivity index (χ3v) is 7.49. The van der Waals surface area contributed by atoms with Gasteiger partial charge in [0.05, 0.1) is 26.1 Å². The Bertz CT molecular complexity index is 1230. The van der Waals surface area contributed by atoms with E-state index in [0.717, 1.165) is 5.56 Å². The lowest BCUT2D eigenvalue weighted by atomic mass is 9.76. The lowest BCUT2D eigenvalue weighted by Gasteiger charge is -2.30. The first-order valence-corrected chi connectivity index (χ1v) is 11.7. The Morgan fingerprint density at radius 1 is 1.03 bits per heavy atom. The maximum atomic E-state index is 14.3. The van der Waals surface area contributed by atoms with Gasteiger partial charge in [0.1, 0.15) is 11.4 Å². The molecule has 8 nitrogen and oxygen atoms in total. The maximum Gasteiger partial charge on any atom is 0.250 e. The number of fused-ring (bicyclic) bond motifs is 4. The molecule has 0 radical (unpaired) electrons. The van der Waals surface area contributed by atoms with Crippen LogP contribution in [0.2, 0.25) is 0 Å². The van der Waals surface area contributed by atoms with Crippen molar-refractivity contribution in [2.24, 2.45) is 17.8 Å². The van der Waals surface area contributed by atoms with Gasteiger partial charge in [-0.3, -0.25) is 24.6 Å². The molecule has 184 valence electrons. The molecule has 0 bridgehead atoms. The third-order valence-electron chi connectivity index (χ3n) is 7.49. The number of halogens is 1. The second-order valence-corrected chi connectivity index (χ2v) is 9.64. The number of imide groups is 1. The van der Waals surface area contributed by atoms with Crippen molar-refractivity contribution in [2.45, 2.75) is 31.8 Å². The molecule has 0 saturated carbocycles. The zero-order valence-electron chi connectivity index (χ0n) is 20.1. The van der Waals surface area contributed by atoms with Crippen molar-refractivity contribution in [3.63, 3.8) is 0 Å². The summed E-state index contributed by atoms with van der Waals surface area (Å²) in [6, 6.07) is 9.07. The number of amides is 3. The molecule has 3 amide bonds. The van der Waals surface area contributed by atoms with Crippen LogP contribution in [-0.2, 0) is 26.3 Å². The molecular formula is C26H28FN3O5. The molecule has 3 aliphatic rings. The second-order valence-electron chi connectivity index (χ2n) is 9.64. The van der Waals surface area contributed by atoms with Crippen LogP contribution in [0.3, 0.4) is 0 Å². The fraction of sp³-hybridized carbons (Fsp3) is 0.423. The Labute approximate surface area is 202 Å². The van der Waals surface area contributed by atoms with Gasteiger partial charge in [0.2, 0.25) is 17.7 Å². The lowest BCUT2D eigenvalue weighted by Crippen LogP contribution is -2.54. The second kappa shape index (κ2) is 8.34. The zero-order valence-corrected chi connectivity index (χ0v) is 20.1. The van der Waals surface area contributed by atoms with Gasteiger partial charge in [-0.2, -0.15) is 0 Å². The maximum absolute atomic E-state index is 14.3. The molecule has 2 aromatic carbocycles. The van der Waals surface area contributed by atoms with E-state index in [2.05, 4.69) is 10.6 Å². The minimum Gasteiger partial charge on any atom is -0.493 e. The zero-order chi connectivity index (χ0) is 25.1. The highest BCUT2D eigenvalue weighted by Gasteiger charge is 2.70. The molecule has 2 N–H and O–H groups in total. The van der Waals surface area contributed by atoms with Crippen molar-refractivity contribution in [1.29, 1.82) is 0 Å². The van der Waals surface area contributed by atoms with Crippen LogP contribution in [0.15, 0.2) is 36.4 Å². The van der Waals surface area contributed by atoms with Crippen molar-refractivity contribution < 1.29 is 28.2 Å². The molecule has 35 heavy (non-hydrogen) atoms. The van der Waals surface area contributed by atoms with Gasteiger partial charge in [-0.05, 0) is 48.2 Å². The third kappa shape index (κ3) is 3.32. The van der Waals surface area contributed by atoms with Crippen LogP contribution >= 0.6 is 0 Å². The summed E-state index contributed by atoms with van der Waals surface area (Å²) in [4.78, 5) is 42.0. The first kappa shape index (κ1) is 23.3. The molecule has 0 aromatic heterocycles. The predicted octanol–water partition coefficient (Wildman–Crippen LogP) is 2.46. The van der Waals surface area contributed by atoms with Gasteiger partial charge in [0.25, 0.3) is 0 Å². The summed E-state index contributed by atoms with van der Waals surface area (Å²) >= 11 is 0. The number of anilines is 1. The first-order valence-electron chi connectivity index (χ1n) is 11.7. The van der Waals surface area contributed by atoms with Crippen molar-refractivity contribution in [1.82, 2.24) is 10.2 Å². The minimum atomic E-state index is -1.48. The van der Waals surface area contributed by atoms with E-state index in [4.69, 9.17) is 9.47 Å². The quantitative estimate of drug-likeness (QED) is 0.616. The van der Waals surface area contributed by atoms with Gasteiger partial charge in [0, 0.05) is 23.8 Å². The van der Waals surface area contributed by atoms with Crippen LogP contribution in [0.25, 0.3) is 0 Å². The van der Waals surface area contributed by atoms with E-state index >= 15 is 0 Å². The molecule has 0 unspecified atom stereocenters. The van der Waals surface area contributed by atoms with Crippen LogP contribution in [0.4, 0.5) is 10.1 Å². The molecule has 1 spiro atoms. The van der Waals surface area contributed by atoms with Crippen LogP contribution < -0.4 is 20.1 Å². The molecule has 2 saturated heterocycles. The van der Waals surface area contributed by atoms with E-state index in [1.807, 2.05) is 26.0 Å². The summed E-state index contributed by atoms with van der Waals surface area (Å²) in [6.07, 6.45) is 0.418. The van der Waals surface area contributed by atoms with Crippen LogP contribution in [0.5, 0.6) is 11.5 Å². The largest absolute Gasteiger partial charge is 0.493 e. The van der Waals surface area contributed by atoms with Crippen molar-refractivity contribution in [3.05, 3.63) is 53.3 Å². The molecule has 2 fully saturated rings. The van der Waals surface area contributed by atoms with Crippen molar-refractivity contribution >= 4 is 23.4 Å². The number of methoxy groups -OCH3 is 2. The molecular weight excluding hydrogens is 453 g/mol. The summed E-state index contributed by atoms with van der Waals surface area (Å²) in [5.41, 5.74) is 0.223. The van der Waals surface area contributed by atoms with Crippen molar-refractivity contribution in [2.75, 3.05) is 26.1 Å². The molecule has 3 heterocycles. The number of likely N-dealkylation sites (tertiary alicyclic amines) is 1. The minimum absolute atomic E-state index is 0.0326. The molecule has 9 heteroatoms. The van der Waals surface area contributed by atoms with Crippen LogP contribution in [0.1, 0.15) is 25.0 Å². The van der Waals surface area contributed by atoms with Gasteiger partial charge in [-0.25, -0.2) is 4.39 Å². The lowest BCUT2D eigenvalue weighted by molar-refractivity contribution is -0.142. The standard InChI is InChI=1S/C26H28FN3O5/c1-13(2)22-20-21(26(29-22)16-12-15(27)6-7-17(16)28-25(26)33)24(32)30(23(20)31)10-9-14-5-8-18(34-3)19(11-14)35-4/h5-8,11-13,20-22,29H,9-10H2,1-4H3,(H,28,33)/t20-,21-,22+,26-/m0/s1. The molecule has 4 atom stereocenters. The van der Waals surface area contributed by atoms with Crippen LogP contribution in [0, 0.1) is 23.6 Å². The number of hydrogen-bond acceptors (Lipinski definition) is 6. The highest BCUT2D eigenvalue weighted by Crippen LogP contribution is 2.54. The summed E-state index contributed by atoms with van der Waals surface area (Å²) in [7, 11) is 3.10. The Kier molecular flexibility index (Phi) is 5.55. The highest BCUT2D eigenvalue weighted by molar-refractivity contribution is 6.15. The summed E-state index contributed by atoms with van der Waals surface area (Å²) in [5, 5.41) is 6.09. The first-order chi connectivity index (χ1) is 16.7. The molecule has 3 aliphatic heterocycles. The van der Waals surface area contributed by atoms with E-state index in [9.17, 15) is 18.8 Å². The number of benzene rings is 2. The fourth-order valence-electron chi connectivity index (χ4n) is 5.84. The number of nitrogens with zero attached hydrogens (tertiary/aromatic N) is 1. The van der Waals surface area contributed by atoms with E-state index in [0.29, 0.717) is 29.2 Å². The van der Waals surface area contributed by atoms with E-state index < -0.39 is 41.0 Å². The SMILES string of the molecule is COc1ccc(CCN2C(=O)[C@@H]3[C@@H](C(C)C)N[C@]4(C(=O)Nc5ccc(F)cc54)[C@@H]3C2=O)cc1OC. The van der Waals surface area contributed by atoms with Crippen LogP contribution in [-0.4, -0.2) is 49.4 Å². The Morgan fingerprint density at radius 2 is 1.77 bits per heavy atom. The summed E-state index contributed by atoms with van der Waals surface area (Å²) < 4.78 is 24.9. The smallest absolute Gasteiger partial charge is 0.250 e. The number of ether oxygens (including phenoxy) is 2. The average Bonchev–Trinajstić information content (AvgIpc) is 3.43. The van der Waals surface area contributed by atoms with E-state index in [1.165, 1.54) is 23.1 Å². The number of rotatable bonds is 6. The number of nitrogens with one attached hydrogen (secondary N) is 2. The average molecular weight is 482 g/mol. The van der Waals surface area contributed by atoms with E-state index in [1.54, 1.807) is 20.3 Å². The summed E-state index contributed by atoms with van der Waals surface area (Å²) in [5.74, 6) is -2.20. The van der Waals surface area contributed by atoms with Gasteiger partial charge in [-0.15, -0.1) is 0 Å². The van der Waals surface area contributed by atoms with Crippen molar-refractivity contribution in [3.8, 4) is 11.5 Å². The van der Waals surface area contributed by atoms with Gasteiger partial charge in [0.15, 0.2) is 11.5 Å². The highest BCUT2D eigenvalue weighted by atomic mass is 19.1. The fourth-order valence-corrected chi connectivity index (χ4v) is 5.84. The van der Waals surface area contributed by atoms with Gasteiger partial charge in [-0.1, -0.05) is 19.9 Å². The number of carbonyl (C=O) groups is 3. The predicted molar refractivity (Wildman–Crippen MR) is 125 cm³/mol. The monoisotopic (exact) mass is 481 g/mol. The summed E-state index contributed by atoms with van der Waals surface area (Å²) in [6.45, 7) is 4.05. The normalized spacial score (nSPS) is 27.0. The molecule has 0 aliphatic carbocycles. The van der Waals surface area contributed by atoms with Gasteiger partial charge < -0.3 is 14.8 Å². The van der Waals surface area contributed by atoms with E-state index in [-0.39, 0.29) is 18.4 Å². The molecule has 5 rings (SSSR count). The number of hydrogen-bond donors (Lipinski definition) is 2. The Hall–Kier alpha value is -3.46. The number of carbonyl (C=O) groups excluding carboxylic acids is 3. The van der Waals surface area contributed by atoms with Gasteiger partial charge >= 0.3 is 0 Å². The Balaban J connectivity index is 1.49. The topological polar surface area (TPSA) is 97.0 Å².